The van der Waals surface area contributed by atoms with Gasteiger partial charge in [-0.3, -0.25) is 0 Å². The first-order chi connectivity index (χ1) is 11.8. The number of hydrogen-bond donors (Lipinski definition) is 4. The molecule has 0 spiro atoms. The molecule has 0 saturated carbocycles. The summed E-state index contributed by atoms with van der Waals surface area (Å²) in [5.74, 6) is -2.87. The molecule has 1 unspecified atom stereocenters. The van der Waals surface area contributed by atoms with Gasteiger partial charge in [-0.25, -0.2) is 9.59 Å². The van der Waals surface area contributed by atoms with Crippen molar-refractivity contribution in [1.29, 1.82) is 0 Å². The van der Waals surface area contributed by atoms with Crippen molar-refractivity contribution < 1.29 is 34.4 Å². The lowest BCUT2D eigenvalue weighted by Gasteiger charge is -2.15. The van der Waals surface area contributed by atoms with Crippen LogP contribution in [0.5, 0.6) is 5.75 Å². The van der Waals surface area contributed by atoms with E-state index in [2.05, 4.69) is 5.32 Å². The molecule has 1 rings (SSSR count). The van der Waals surface area contributed by atoms with Crippen LogP contribution >= 0.6 is 0 Å². The van der Waals surface area contributed by atoms with E-state index in [1.165, 1.54) is 5.56 Å². The number of methoxy groups -OCH3 is 1. The van der Waals surface area contributed by atoms with E-state index in [-0.39, 0.29) is 0 Å². The van der Waals surface area contributed by atoms with Gasteiger partial charge in [0.05, 0.1) is 6.61 Å². The summed E-state index contributed by atoms with van der Waals surface area (Å²) in [4.78, 5) is 18.2. The monoisotopic (exact) mass is 357 g/mol. The van der Waals surface area contributed by atoms with Crippen molar-refractivity contribution in [2.75, 3.05) is 26.9 Å². The molecule has 1 aromatic carbocycles. The molecule has 8 nitrogen and oxygen atoms in total. The molecule has 25 heavy (non-hydrogen) atoms. The lowest BCUT2D eigenvalue weighted by atomic mass is 10.1. The molecule has 0 fully saturated rings. The number of rotatable bonds is 9. The third-order valence-electron chi connectivity index (χ3n) is 2.91. The molecule has 0 amide bonds. The van der Waals surface area contributed by atoms with Gasteiger partial charge in [-0.05, 0) is 24.1 Å². The molecule has 8 heteroatoms. The Morgan fingerprint density at radius 3 is 2.12 bits per heavy atom. The molecule has 0 aliphatic rings. The number of carboxylic acids is 2. The summed E-state index contributed by atoms with van der Waals surface area (Å²) in [6.45, 7) is 5.67. The van der Waals surface area contributed by atoms with E-state index in [1.807, 2.05) is 38.1 Å². The van der Waals surface area contributed by atoms with Crippen LogP contribution < -0.4 is 10.1 Å². The summed E-state index contributed by atoms with van der Waals surface area (Å²) in [5.41, 5.74) is 1.22. The number of carbonyl (C=O) groups is 2. The predicted octanol–water partition coefficient (Wildman–Crippen LogP) is 0.769. The molecule has 142 valence electrons. The molecule has 1 atom stereocenters. The fraction of sp³-hybridized carbons (Fsp3) is 0.529. The third-order valence-corrected chi connectivity index (χ3v) is 2.91. The maximum Gasteiger partial charge on any atom is 0.414 e. The van der Waals surface area contributed by atoms with Gasteiger partial charge in [0.15, 0.2) is 0 Å². The maximum atomic E-state index is 9.73. The van der Waals surface area contributed by atoms with Crippen molar-refractivity contribution in [2.45, 2.75) is 32.4 Å². The highest BCUT2D eigenvalue weighted by atomic mass is 16.5. The molecule has 0 heterocycles. The first-order valence-electron chi connectivity index (χ1n) is 7.84. The first-order valence-corrected chi connectivity index (χ1v) is 7.84. The topological polar surface area (TPSA) is 125 Å². The lowest BCUT2D eigenvalue weighted by molar-refractivity contribution is -0.159. The van der Waals surface area contributed by atoms with Crippen molar-refractivity contribution in [1.82, 2.24) is 5.32 Å². The molecule has 0 aliphatic carbocycles. The normalized spacial score (nSPS) is 11.4. The Morgan fingerprint density at radius 1 is 1.12 bits per heavy atom. The SMILES string of the molecule is COCCc1ccc(OCC(O)CNC(C)C)cc1.O=C(O)C(=O)O. The van der Waals surface area contributed by atoms with Crippen molar-refractivity contribution in [2.24, 2.45) is 0 Å². The van der Waals surface area contributed by atoms with E-state index in [1.54, 1.807) is 7.11 Å². The fourth-order valence-corrected chi connectivity index (χ4v) is 1.60. The summed E-state index contributed by atoms with van der Waals surface area (Å²) in [7, 11) is 1.70. The lowest BCUT2D eigenvalue weighted by Crippen LogP contribution is -2.35. The van der Waals surface area contributed by atoms with Gasteiger partial charge in [0.25, 0.3) is 0 Å². The second-order valence-corrected chi connectivity index (χ2v) is 5.52. The van der Waals surface area contributed by atoms with Gasteiger partial charge in [-0.2, -0.15) is 0 Å². The smallest absolute Gasteiger partial charge is 0.414 e. The Morgan fingerprint density at radius 2 is 1.68 bits per heavy atom. The van der Waals surface area contributed by atoms with Gasteiger partial charge < -0.3 is 30.1 Å². The summed E-state index contributed by atoms with van der Waals surface area (Å²) >= 11 is 0. The molecule has 1 aromatic rings. The van der Waals surface area contributed by atoms with Crippen LogP contribution in [-0.2, 0) is 20.7 Å². The molecular weight excluding hydrogens is 330 g/mol. The standard InChI is InChI=1S/C15H25NO3.C2H2O4/c1-12(2)16-10-14(17)11-19-15-6-4-13(5-7-15)8-9-18-3;3-1(4)2(5)6/h4-7,12,14,16-17H,8-11H2,1-3H3;(H,3,4)(H,5,6). The second-order valence-electron chi connectivity index (χ2n) is 5.52. The average molecular weight is 357 g/mol. The second kappa shape index (κ2) is 13.2. The van der Waals surface area contributed by atoms with Gasteiger partial charge in [-0.15, -0.1) is 0 Å². The van der Waals surface area contributed by atoms with Crippen LogP contribution in [0, 0.1) is 0 Å². The molecular formula is C17H27NO7. The zero-order valence-corrected chi connectivity index (χ0v) is 14.8. The van der Waals surface area contributed by atoms with E-state index < -0.39 is 18.0 Å². The van der Waals surface area contributed by atoms with Crippen molar-refractivity contribution in [3.05, 3.63) is 29.8 Å². The minimum absolute atomic E-state index is 0.303. The van der Waals surface area contributed by atoms with Gasteiger partial charge in [-0.1, -0.05) is 26.0 Å². The number of carboxylic acid groups (broad SMARTS) is 2. The summed E-state index contributed by atoms with van der Waals surface area (Å²) in [6, 6.07) is 8.26. The van der Waals surface area contributed by atoms with Gasteiger partial charge >= 0.3 is 11.9 Å². The Hall–Kier alpha value is -2.16. The summed E-state index contributed by atoms with van der Waals surface area (Å²) in [6.07, 6.45) is 0.410. The number of hydrogen-bond acceptors (Lipinski definition) is 6. The van der Waals surface area contributed by atoms with Crippen LogP contribution in [0.1, 0.15) is 19.4 Å². The Bertz CT molecular complexity index is 490. The van der Waals surface area contributed by atoms with Gasteiger partial charge in [0.2, 0.25) is 0 Å². The van der Waals surface area contributed by atoms with E-state index in [0.717, 1.165) is 18.8 Å². The van der Waals surface area contributed by atoms with Crippen LogP contribution in [0.25, 0.3) is 0 Å². The third kappa shape index (κ3) is 12.9. The highest BCUT2D eigenvalue weighted by molar-refractivity contribution is 6.27. The van der Waals surface area contributed by atoms with Crippen molar-refractivity contribution in [3.8, 4) is 5.75 Å². The van der Waals surface area contributed by atoms with Gasteiger partial charge in [0.1, 0.15) is 18.5 Å². The van der Waals surface area contributed by atoms with Crippen molar-refractivity contribution in [3.63, 3.8) is 0 Å². The minimum atomic E-state index is -1.82. The van der Waals surface area contributed by atoms with Crippen LogP contribution in [0.15, 0.2) is 24.3 Å². The summed E-state index contributed by atoms with van der Waals surface area (Å²) < 4.78 is 10.6. The van der Waals surface area contributed by atoms with E-state index in [0.29, 0.717) is 19.2 Å². The fourth-order valence-electron chi connectivity index (χ4n) is 1.60. The highest BCUT2D eigenvalue weighted by Crippen LogP contribution is 2.12. The molecule has 0 radical (unpaired) electrons. The van der Waals surface area contributed by atoms with E-state index in [4.69, 9.17) is 29.3 Å². The number of aliphatic hydroxyl groups is 1. The number of ether oxygens (including phenoxy) is 2. The van der Waals surface area contributed by atoms with E-state index in [9.17, 15) is 5.11 Å². The Balaban J connectivity index is 0.000000823. The molecule has 0 saturated heterocycles. The van der Waals surface area contributed by atoms with Crippen molar-refractivity contribution >= 4 is 11.9 Å². The Labute approximate surface area is 147 Å². The largest absolute Gasteiger partial charge is 0.491 e. The van der Waals surface area contributed by atoms with Crippen LogP contribution in [-0.4, -0.2) is 66.3 Å². The quantitative estimate of drug-likeness (QED) is 0.478. The zero-order valence-electron chi connectivity index (χ0n) is 14.8. The summed E-state index contributed by atoms with van der Waals surface area (Å²) in [5, 5.41) is 27.7. The number of benzene rings is 1. The number of aliphatic carboxylic acids is 2. The number of nitrogens with one attached hydrogen (secondary N) is 1. The van der Waals surface area contributed by atoms with Crippen LogP contribution in [0.4, 0.5) is 0 Å². The molecule has 0 aliphatic heterocycles. The van der Waals surface area contributed by atoms with Crippen LogP contribution in [0.3, 0.4) is 0 Å². The first kappa shape index (κ1) is 22.8. The molecule has 0 aromatic heterocycles. The van der Waals surface area contributed by atoms with Gasteiger partial charge in [0, 0.05) is 19.7 Å². The highest BCUT2D eigenvalue weighted by Gasteiger charge is 2.06. The average Bonchev–Trinajstić information content (AvgIpc) is 2.57. The Kier molecular flexibility index (Phi) is 12.0. The predicted molar refractivity (Wildman–Crippen MR) is 91.9 cm³/mol. The molecule has 0 bridgehead atoms. The molecule has 4 N–H and O–H groups in total. The minimum Gasteiger partial charge on any atom is -0.491 e. The maximum absolute atomic E-state index is 9.73. The van der Waals surface area contributed by atoms with E-state index >= 15 is 0 Å². The zero-order chi connectivity index (χ0) is 19.2. The van der Waals surface area contributed by atoms with Crippen LogP contribution in [0.2, 0.25) is 0 Å². The number of aliphatic hydroxyl groups excluding tert-OH is 1.